The van der Waals surface area contributed by atoms with Crippen molar-refractivity contribution in [3.8, 4) is 28.7 Å². The van der Waals surface area contributed by atoms with Gasteiger partial charge in [0.15, 0.2) is 11.5 Å². The van der Waals surface area contributed by atoms with E-state index in [0.29, 0.717) is 49.2 Å². The van der Waals surface area contributed by atoms with Gasteiger partial charge in [-0.3, -0.25) is 0 Å². The van der Waals surface area contributed by atoms with Crippen LogP contribution in [0, 0.1) is 0 Å². The second-order valence-corrected chi connectivity index (χ2v) is 9.06. The van der Waals surface area contributed by atoms with Crippen LogP contribution < -0.4 is 19.5 Å². The number of unbranched alkanes of at least 4 members (excludes halogenated alkanes) is 1. The molecule has 1 aliphatic heterocycles. The van der Waals surface area contributed by atoms with Crippen LogP contribution >= 0.6 is 0 Å². The summed E-state index contributed by atoms with van der Waals surface area (Å²) < 4.78 is 49.3. The van der Waals surface area contributed by atoms with Gasteiger partial charge in [0.25, 0.3) is 0 Å². The Morgan fingerprint density at radius 3 is 2.50 bits per heavy atom. The van der Waals surface area contributed by atoms with Crippen molar-refractivity contribution in [2.45, 2.75) is 36.6 Å². The molecule has 0 amide bonds. The molecule has 2 heterocycles. The van der Waals surface area contributed by atoms with E-state index in [2.05, 4.69) is 17.2 Å². The van der Waals surface area contributed by atoms with Gasteiger partial charge in [-0.2, -0.15) is 4.98 Å². The molecule has 4 rings (SSSR count). The van der Waals surface area contributed by atoms with E-state index in [1.54, 1.807) is 30.3 Å². The molecule has 0 aliphatic carbocycles. The van der Waals surface area contributed by atoms with Gasteiger partial charge in [-0.15, -0.1) is 0 Å². The monoisotopic (exact) mass is 458 g/mol. The van der Waals surface area contributed by atoms with Gasteiger partial charge >= 0.3 is 0 Å². The second kappa shape index (κ2) is 9.52. The smallest absolute Gasteiger partial charge is 0.233 e. The predicted octanol–water partition coefficient (Wildman–Crippen LogP) is 4.56. The quantitative estimate of drug-likeness (QED) is 0.466. The molecule has 1 N–H and O–H groups in total. The molecule has 0 saturated heterocycles. The van der Waals surface area contributed by atoms with E-state index in [1.165, 1.54) is 12.1 Å². The number of rotatable bonds is 9. The molecule has 2 aromatic carbocycles. The third-order valence-electron chi connectivity index (χ3n) is 4.90. The van der Waals surface area contributed by atoms with Gasteiger partial charge in [0, 0.05) is 18.2 Å². The van der Waals surface area contributed by atoms with Gasteiger partial charge in [0.2, 0.25) is 26.6 Å². The Balaban J connectivity index is 1.72. The lowest BCUT2D eigenvalue weighted by Crippen LogP contribution is -2.16. The normalized spacial score (nSPS) is 13.1. The highest BCUT2D eigenvalue weighted by molar-refractivity contribution is 7.91. The molecule has 3 aromatic rings. The van der Waals surface area contributed by atoms with Crippen molar-refractivity contribution in [1.29, 1.82) is 0 Å². The number of nitrogens with one attached hydrogen (secondary N) is 1. The fraction of sp³-hybridized carbons (Fsp3) is 0.348. The van der Waals surface area contributed by atoms with Gasteiger partial charge in [0.1, 0.15) is 19.0 Å². The molecular weight excluding hydrogens is 432 g/mol. The van der Waals surface area contributed by atoms with Crippen LogP contribution in [0.2, 0.25) is 0 Å². The molecule has 0 fully saturated rings. The fourth-order valence-corrected chi connectivity index (χ4v) is 4.56. The zero-order valence-electron chi connectivity index (χ0n) is 18.1. The van der Waals surface area contributed by atoms with Gasteiger partial charge in [-0.25, -0.2) is 8.42 Å². The Bertz CT molecular complexity index is 1170. The molecule has 9 heteroatoms. The van der Waals surface area contributed by atoms with Crippen molar-refractivity contribution >= 4 is 15.7 Å². The molecule has 0 atom stereocenters. The lowest BCUT2D eigenvalue weighted by atomic mass is 10.2. The predicted molar refractivity (Wildman–Crippen MR) is 119 cm³/mol. The van der Waals surface area contributed by atoms with E-state index in [-0.39, 0.29) is 21.7 Å². The largest absolute Gasteiger partial charge is 0.494 e. The number of aromatic nitrogens is 1. The van der Waals surface area contributed by atoms with Gasteiger partial charge in [-0.1, -0.05) is 13.3 Å². The molecule has 0 radical (unpaired) electrons. The summed E-state index contributed by atoms with van der Waals surface area (Å²) in [4.78, 5) is 4.43. The summed E-state index contributed by atoms with van der Waals surface area (Å²) in [6, 6.07) is 11.7. The molecule has 0 unspecified atom stereocenters. The fourth-order valence-electron chi connectivity index (χ4n) is 3.27. The van der Waals surface area contributed by atoms with Crippen molar-refractivity contribution in [3.63, 3.8) is 0 Å². The molecule has 32 heavy (non-hydrogen) atoms. The zero-order valence-corrected chi connectivity index (χ0v) is 18.9. The number of benzene rings is 2. The Kier molecular flexibility index (Phi) is 6.55. The maximum Gasteiger partial charge on any atom is 0.233 e. The third kappa shape index (κ3) is 4.52. The van der Waals surface area contributed by atoms with E-state index >= 15 is 0 Å². The number of anilines is 1. The van der Waals surface area contributed by atoms with E-state index in [0.717, 1.165) is 12.8 Å². The van der Waals surface area contributed by atoms with Crippen molar-refractivity contribution in [3.05, 3.63) is 42.5 Å². The minimum Gasteiger partial charge on any atom is -0.494 e. The summed E-state index contributed by atoms with van der Waals surface area (Å²) >= 11 is 0. The van der Waals surface area contributed by atoms with Crippen molar-refractivity contribution < 1.29 is 27.0 Å². The van der Waals surface area contributed by atoms with Crippen LogP contribution in [0.3, 0.4) is 0 Å². The number of hydrogen-bond donors (Lipinski definition) is 1. The van der Waals surface area contributed by atoms with Gasteiger partial charge in [-0.05, 0) is 49.7 Å². The molecule has 170 valence electrons. The first-order valence-corrected chi connectivity index (χ1v) is 12.1. The van der Waals surface area contributed by atoms with E-state index in [1.807, 2.05) is 6.92 Å². The number of sulfone groups is 1. The Morgan fingerprint density at radius 2 is 1.78 bits per heavy atom. The Hall–Kier alpha value is -3.20. The lowest BCUT2D eigenvalue weighted by molar-refractivity contribution is 0.171. The third-order valence-corrected chi connectivity index (χ3v) is 6.56. The van der Waals surface area contributed by atoms with Crippen molar-refractivity contribution in [2.24, 2.45) is 0 Å². The van der Waals surface area contributed by atoms with E-state index in [9.17, 15) is 8.42 Å². The molecule has 1 aliphatic rings. The van der Waals surface area contributed by atoms with Crippen LogP contribution in [0.1, 0.15) is 26.7 Å². The summed E-state index contributed by atoms with van der Waals surface area (Å²) in [7, 11) is -3.97. The minimum absolute atomic E-state index is 0.0619. The molecule has 8 nitrogen and oxygen atoms in total. The summed E-state index contributed by atoms with van der Waals surface area (Å²) in [6.45, 7) is 5.89. The second-order valence-electron chi connectivity index (χ2n) is 7.20. The van der Waals surface area contributed by atoms with Crippen LogP contribution in [0.25, 0.3) is 11.5 Å². The number of oxazole rings is 1. The van der Waals surface area contributed by atoms with Gasteiger partial charge in [0.05, 0.1) is 11.5 Å². The van der Waals surface area contributed by atoms with Crippen LogP contribution in [0.15, 0.2) is 56.8 Å². The minimum atomic E-state index is -3.97. The first kappa shape index (κ1) is 22.0. The average molecular weight is 459 g/mol. The number of ether oxygens (including phenoxy) is 3. The number of nitrogens with zero attached hydrogens (tertiary/aromatic N) is 1. The van der Waals surface area contributed by atoms with Crippen LogP contribution in [0.4, 0.5) is 5.88 Å². The number of fused-ring (bicyclic) bond motifs is 1. The lowest BCUT2D eigenvalue weighted by Gasteiger charge is -2.18. The van der Waals surface area contributed by atoms with Crippen molar-refractivity contribution in [2.75, 3.05) is 31.7 Å². The van der Waals surface area contributed by atoms with Crippen LogP contribution in [0.5, 0.6) is 17.2 Å². The number of hydrogen-bond acceptors (Lipinski definition) is 8. The van der Waals surface area contributed by atoms with Crippen LogP contribution in [-0.4, -0.2) is 39.8 Å². The summed E-state index contributed by atoms with van der Waals surface area (Å²) in [5, 5.41) is 2.93. The maximum absolute atomic E-state index is 13.5. The van der Waals surface area contributed by atoms with Crippen molar-refractivity contribution in [1.82, 2.24) is 4.98 Å². The average Bonchev–Trinajstić information content (AvgIpc) is 3.25. The van der Waals surface area contributed by atoms with E-state index in [4.69, 9.17) is 18.6 Å². The standard InChI is InChI=1S/C23H26N2O6S/c1-3-5-12-24-22-23(25-21(31-22)16-6-8-17(9-7-16)28-4-2)32(26,27)18-10-11-19-20(15-18)30-14-13-29-19/h6-11,15,24H,3-5,12-14H2,1-2H3. The SMILES string of the molecule is CCCCNc1oc(-c2ccc(OCC)cc2)nc1S(=O)(=O)c1ccc2c(c1)OCCO2. The maximum atomic E-state index is 13.5. The van der Waals surface area contributed by atoms with Crippen LogP contribution in [-0.2, 0) is 9.84 Å². The molecular formula is C23H26N2O6S. The zero-order chi connectivity index (χ0) is 22.6. The summed E-state index contributed by atoms with van der Waals surface area (Å²) in [5.41, 5.74) is 0.649. The summed E-state index contributed by atoms with van der Waals surface area (Å²) in [5.74, 6) is 1.97. The topological polar surface area (TPSA) is 99.9 Å². The highest BCUT2D eigenvalue weighted by atomic mass is 32.2. The molecule has 1 aromatic heterocycles. The first-order chi connectivity index (χ1) is 15.5. The molecule has 0 spiro atoms. The molecule has 0 saturated carbocycles. The van der Waals surface area contributed by atoms with E-state index < -0.39 is 9.84 Å². The molecule has 0 bridgehead atoms. The van der Waals surface area contributed by atoms with Gasteiger partial charge < -0.3 is 23.9 Å². The highest BCUT2D eigenvalue weighted by Crippen LogP contribution is 2.37. The highest BCUT2D eigenvalue weighted by Gasteiger charge is 2.30. The Morgan fingerprint density at radius 1 is 1.03 bits per heavy atom. The Labute approximate surface area is 187 Å². The summed E-state index contributed by atoms with van der Waals surface area (Å²) in [6.07, 6.45) is 1.82. The first-order valence-electron chi connectivity index (χ1n) is 10.7.